The summed E-state index contributed by atoms with van der Waals surface area (Å²) in [6, 6.07) is 5.87. The second kappa shape index (κ2) is 5.22. The van der Waals surface area contributed by atoms with Crippen molar-refractivity contribution in [1.82, 2.24) is 9.55 Å². The van der Waals surface area contributed by atoms with Gasteiger partial charge in [0, 0.05) is 37.2 Å². The van der Waals surface area contributed by atoms with Crippen molar-refractivity contribution in [3.05, 3.63) is 36.9 Å². The maximum absolute atomic E-state index is 5.78. The predicted molar refractivity (Wildman–Crippen MR) is 75.4 cm³/mol. The van der Waals surface area contributed by atoms with E-state index in [0.717, 1.165) is 49.8 Å². The molecule has 5 heteroatoms. The Balaban J connectivity index is 1.63. The molecule has 0 fully saturated rings. The number of fused-ring (bicyclic) bond motifs is 1. The second-order valence-electron chi connectivity index (χ2n) is 4.72. The van der Waals surface area contributed by atoms with Crippen LogP contribution in [0.3, 0.4) is 0 Å². The van der Waals surface area contributed by atoms with E-state index in [0.29, 0.717) is 0 Å². The molecule has 0 saturated heterocycles. The third-order valence-electron chi connectivity index (χ3n) is 3.35. The van der Waals surface area contributed by atoms with Crippen molar-refractivity contribution in [3.8, 4) is 5.75 Å². The van der Waals surface area contributed by atoms with Crippen LogP contribution in [0.2, 0.25) is 0 Å². The molecule has 2 N–H and O–H groups in total. The van der Waals surface area contributed by atoms with Gasteiger partial charge < -0.3 is 19.9 Å². The minimum absolute atomic E-state index is 0.724. The highest BCUT2D eigenvalue weighted by Gasteiger charge is 2.17. The van der Waals surface area contributed by atoms with Crippen molar-refractivity contribution < 1.29 is 4.74 Å². The molecule has 1 aromatic carbocycles. The van der Waals surface area contributed by atoms with Crippen molar-refractivity contribution in [3.63, 3.8) is 0 Å². The Kier molecular flexibility index (Phi) is 3.27. The lowest BCUT2D eigenvalue weighted by atomic mass is 10.2. The molecule has 0 atom stereocenters. The van der Waals surface area contributed by atoms with Crippen molar-refractivity contribution in [2.45, 2.75) is 13.0 Å². The molecule has 0 unspecified atom stereocenters. The lowest BCUT2D eigenvalue weighted by Crippen LogP contribution is -2.33. The van der Waals surface area contributed by atoms with Gasteiger partial charge in [-0.05, 0) is 18.6 Å². The Hall–Kier alpha value is -2.17. The second-order valence-corrected chi connectivity index (χ2v) is 4.72. The van der Waals surface area contributed by atoms with Crippen LogP contribution in [0.4, 0.5) is 11.4 Å². The average molecular weight is 258 g/mol. The molecule has 3 rings (SSSR count). The summed E-state index contributed by atoms with van der Waals surface area (Å²) < 4.78 is 7.75. The summed E-state index contributed by atoms with van der Waals surface area (Å²) in [4.78, 5) is 6.41. The van der Waals surface area contributed by atoms with Gasteiger partial charge in [0.2, 0.25) is 0 Å². The number of hydrogen-bond donors (Lipinski definition) is 1. The fourth-order valence-corrected chi connectivity index (χ4v) is 2.39. The Bertz CT molecular complexity index is 538. The van der Waals surface area contributed by atoms with Crippen LogP contribution in [-0.4, -0.2) is 29.2 Å². The number of hydrogen-bond acceptors (Lipinski definition) is 4. The number of ether oxygens (including phenoxy) is 1. The molecule has 2 aromatic rings. The van der Waals surface area contributed by atoms with E-state index in [-0.39, 0.29) is 0 Å². The number of benzene rings is 1. The van der Waals surface area contributed by atoms with Gasteiger partial charge in [-0.1, -0.05) is 0 Å². The highest BCUT2D eigenvalue weighted by molar-refractivity contribution is 5.64. The van der Waals surface area contributed by atoms with Crippen LogP contribution in [0.15, 0.2) is 36.9 Å². The highest BCUT2D eigenvalue weighted by Crippen LogP contribution is 2.33. The molecule has 5 nitrogen and oxygen atoms in total. The fourth-order valence-electron chi connectivity index (χ4n) is 2.39. The first-order chi connectivity index (χ1) is 9.33. The molecule has 0 saturated carbocycles. The molecule has 0 amide bonds. The fraction of sp³-hybridized carbons (Fsp3) is 0.357. The van der Waals surface area contributed by atoms with Crippen LogP contribution in [0.5, 0.6) is 5.75 Å². The minimum atomic E-state index is 0.724. The normalized spacial score (nSPS) is 14.0. The molecular formula is C14H18N4O. The number of nitrogens with zero attached hydrogens (tertiary/aromatic N) is 3. The van der Waals surface area contributed by atoms with Gasteiger partial charge in [0.25, 0.3) is 0 Å². The first-order valence-electron chi connectivity index (χ1n) is 6.56. The molecule has 0 bridgehead atoms. The van der Waals surface area contributed by atoms with Gasteiger partial charge in [0.05, 0.1) is 18.6 Å². The zero-order valence-electron chi connectivity index (χ0n) is 10.8. The lowest BCUT2D eigenvalue weighted by molar-refractivity contribution is 0.307. The number of nitrogen functional groups attached to an aromatic ring is 1. The topological polar surface area (TPSA) is 56.3 Å². The summed E-state index contributed by atoms with van der Waals surface area (Å²) in [5, 5.41) is 0. The molecule has 0 radical (unpaired) electrons. The Morgan fingerprint density at radius 3 is 3.11 bits per heavy atom. The van der Waals surface area contributed by atoms with Gasteiger partial charge in [-0.2, -0.15) is 0 Å². The zero-order chi connectivity index (χ0) is 13.1. The minimum Gasteiger partial charge on any atom is -0.489 e. The molecule has 2 heterocycles. The summed E-state index contributed by atoms with van der Waals surface area (Å²) in [6.07, 6.45) is 6.74. The quantitative estimate of drug-likeness (QED) is 0.849. The van der Waals surface area contributed by atoms with Crippen LogP contribution < -0.4 is 15.4 Å². The third kappa shape index (κ3) is 2.65. The van der Waals surface area contributed by atoms with Crippen molar-refractivity contribution in [2.75, 3.05) is 30.3 Å². The Morgan fingerprint density at radius 2 is 2.26 bits per heavy atom. The first kappa shape index (κ1) is 11.9. The van der Waals surface area contributed by atoms with E-state index in [1.807, 2.05) is 36.9 Å². The van der Waals surface area contributed by atoms with E-state index in [1.54, 1.807) is 0 Å². The van der Waals surface area contributed by atoms with Crippen LogP contribution >= 0.6 is 0 Å². The molecule has 1 aliphatic rings. The maximum atomic E-state index is 5.78. The molecule has 1 aliphatic heterocycles. The third-order valence-corrected chi connectivity index (χ3v) is 3.35. The van der Waals surface area contributed by atoms with E-state index < -0.39 is 0 Å². The lowest BCUT2D eigenvalue weighted by Gasteiger charge is -2.31. The van der Waals surface area contributed by atoms with Gasteiger partial charge >= 0.3 is 0 Å². The van der Waals surface area contributed by atoms with Gasteiger partial charge in [0.1, 0.15) is 12.4 Å². The molecule has 0 spiro atoms. The Morgan fingerprint density at radius 1 is 1.32 bits per heavy atom. The van der Waals surface area contributed by atoms with E-state index >= 15 is 0 Å². The summed E-state index contributed by atoms with van der Waals surface area (Å²) in [5.74, 6) is 0.897. The number of rotatable bonds is 4. The SMILES string of the molecule is Nc1ccc2c(c1)OCCN2CCCn1ccnc1. The zero-order valence-corrected chi connectivity index (χ0v) is 10.8. The Labute approximate surface area is 112 Å². The molecular weight excluding hydrogens is 240 g/mol. The van der Waals surface area contributed by atoms with E-state index in [2.05, 4.69) is 14.5 Å². The first-order valence-corrected chi connectivity index (χ1v) is 6.56. The highest BCUT2D eigenvalue weighted by atomic mass is 16.5. The number of aromatic nitrogens is 2. The summed E-state index contributed by atoms with van der Waals surface area (Å²) >= 11 is 0. The van der Waals surface area contributed by atoms with Crippen LogP contribution in [-0.2, 0) is 6.54 Å². The van der Waals surface area contributed by atoms with Crippen molar-refractivity contribution in [1.29, 1.82) is 0 Å². The summed E-state index contributed by atoms with van der Waals surface area (Å²) in [7, 11) is 0. The summed E-state index contributed by atoms with van der Waals surface area (Å²) in [5.41, 5.74) is 7.68. The average Bonchev–Trinajstić information content (AvgIpc) is 2.92. The maximum Gasteiger partial charge on any atom is 0.144 e. The molecule has 19 heavy (non-hydrogen) atoms. The number of anilines is 2. The van der Waals surface area contributed by atoms with Gasteiger partial charge in [-0.15, -0.1) is 0 Å². The number of imidazole rings is 1. The van der Waals surface area contributed by atoms with Gasteiger partial charge in [-0.25, -0.2) is 4.98 Å². The van der Waals surface area contributed by atoms with Crippen molar-refractivity contribution in [2.24, 2.45) is 0 Å². The van der Waals surface area contributed by atoms with Crippen LogP contribution in [0.25, 0.3) is 0 Å². The van der Waals surface area contributed by atoms with Crippen LogP contribution in [0, 0.1) is 0 Å². The van der Waals surface area contributed by atoms with Gasteiger partial charge in [-0.3, -0.25) is 0 Å². The number of aryl methyl sites for hydroxylation is 1. The van der Waals surface area contributed by atoms with E-state index in [4.69, 9.17) is 10.5 Å². The molecule has 0 aliphatic carbocycles. The summed E-state index contributed by atoms with van der Waals surface area (Å²) in [6.45, 7) is 3.66. The van der Waals surface area contributed by atoms with Crippen molar-refractivity contribution >= 4 is 11.4 Å². The molecule has 100 valence electrons. The number of nitrogens with two attached hydrogens (primary N) is 1. The predicted octanol–water partition coefficient (Wildman–Crippen LogP) is 1.75. The largest absolute Gasteiger partial charge is 0.489 e. The van der Waals surface area contributed by atoms with Crippen LogP contribution in [0.1, 0.15) is 6.42 Å². The van der Waals surface area contributed by atoms with Gasteiger partial charge in [0.15, 0.2) is 0 Å². The van der Waals surface area contributed by atoms with E-state index in [1.165, 1.54) is 0 Å². The molecule has 1 aromatic heterocycles. The van der Waals surface area contributed by atoms with E-state index in [9.17, 15) is 0 Å². The standard InChI is InChI=1S/C14H18N4O/c15-12-2-3-13-14(10-12)19-9-8-18(13)6-1-5-17-7-4-16-11-17/h2-4,7,10-11H,1,5-6,8-9,15H2. The monoisotopic (exact) mass is 258 g/mol. The smallest absolute Gasteiger partial charge is 0.144 e.